The van der Waals surface area contributed by atoms with Gasteiger partial charge in [0.1, 0.15) is 6.29 Å². The summed E-state index contributed by atoms with van der Waals surface area (Å²) < 4.78 is 0. The van der Waals surface area contributed by atoms with Gasteiger partial charge in [0.05, 0.1) is 0 Å². The van der Waals surface area contributed by atoms with Crippen molar-refractivity contribution in [3.05, 3.63) is 22.5 Å². The third-order valence-corrected chi connectivity index (χ3v) is 3.27. The van der Waals surface area contributed by atoms with Crippen molar-refractivity contribution in [1.29, 1.82) is 0 Å². The highest BCUT2D eigenvalue weighted by Crippen LogP contribution is 2.34. The maximum absolute atomic E-state index is 11.0. The highest BCUT2D eigenvalue weighted by Gasteiger charge is 2.25. The third-order valence-electron chi connectivity index (χ3n) is 3.27. The molecule has 1 heterocycles. The largest absolute Gasteiger partial charge is 0.362 e. The van der Waals surface area contributed by atoms with Crippen LogP contribution in [-0.4, -0.2) is 11.3 Å². The lowest BCUT2D eigenvalue weighted by Gasteiger charge is -2.18. The smallest absolute Gasteiger partial charge is 0.127 e. The summed E-state index contributed by atoms with van der Waals surface area (Å²) in [5, 5.41) is 0. The lowest BCUT2D eigenvalue weighted by molar-refractivity contribution is -0.109. The molecule has 0 aromatic carbocycles. The predicted octanol–water partition coefficient (Wildman–Crippen LogP) is 2.50. The summed E-state index contributed by atoms with van der Waals surface area (Å²) in [5.74, 6) is 0.152. The van der Waals surface area contributed by atoms with Crippen molar-refractivity contribution in [2.75, 3.05) is 0 Å². The van der Waals surface area contributed by atoms with Crippen LogP contribution in [0.1, 0.15) is 48.2 Å². The molecule has 1 atom stereocenters. The molecule has 0 amide bonds. The molecule has 0 saturated carbocycles. The first-order valence-corrected chi connectivity index (χ1v) is 5.43. The van der Waals surface area contributed by atoms with Crippen LogP contribution in [0.15, 0.2) is 0 Å². The molecule has 0 radical (unpaired) electrons. The summed E-state index contributed by atoms with van der Waals surface area (Å²) >= 11 is 0. The number of hydrogen-bond donors (Lipinski definition) is 1. The molecule has 1 N–H and O–H groups in total. The molecule has 0 spiro atoms. The number of aromatic amines is 1. The average Bonchev–Trinajstić information content (AvgIpc) is 2.52. The monoisotopic (exact) mass is 191 g/mol. The second-order valence-electron chi connectivity index (χ2n) is 4.11. The van der Waals surface area contributed by atoms with Crippen molar-refractivity contribution >= 4 is 6.29 Å². The van der Waals surface area contributed by atoms with E-state index >= 15 is 0 Å². The molecule has 2 heteroatoms. The number of H-pyrrole nitrogens is 1. The fraction of sp³-hybridized carbons (Fsp3) is 0.583. The first kappa shape index (κ1) is 9.50. The van der Waals surface area contributed by atoms with Gasteiger partial charge in [-0.15, -0.1) is 0 Å². The first-order valence-electron chi connectivity index (χ1n) is 5.43. The molecule has 1 aliphatic rings. The average molecular weight is 191 g/mol. The Morgan fingerprint density at radius 2 is 2.36 bits per heavy atom. The quantitative estimate of drug-likeness (QED) is 0.716. The molecular formula is C12H17NO. The van der Waals surface area contributed by atoms with E-state index in [0.717, 1.165) is 32.0 Å². The van der Waals surface area contributed by atoms with E-state index in [4.69, 9.17) is 0 Å². The van der Waals surface area contributed by atoms with Gasteiger partial charge in [-0.2, -0.15) is 0 Å². The SMILES string of the molecule is CCc1c(C)[nH]c2c1C(C=O)CCC2. The van der Waals surface area contributed by atoms with Gasteiger partial charge in [0.15, 0.2) is 0 Å². The molecule has 76 valence electrons. The Hall–Kier alpha value is -1.05. The summed E-state index contributed by atoms with van der Waals surface area (Å²) in [5.41, 5.74) is 5.25. The minimum Gasteiger partial charge on any atom is -0.362 e. The number of aryl methyl sites for hydroxylation is 2. The lowest BCUT2D eigenvalue weighted by Crippen LogP contribution is -2.11. The Labute approximate surface area is 84.7 Å². The molecule has 0 saturated heterocycles. The summed E-state index contributed by atoms with van der Waals surface area (Å²) in [4.78, 5) is 14.4. The van der Waals surface area contributed by atoms with Gasteiger partial charge in [0, 0.05) is 17.3 Å². The van der Waals surface area contributed by atoms with Crippen molar-refractivity contribution < 1.29 is 4.79 Å². The van der Waals surface area contributed by atoms with E-state index < -0.39 is 0 Å². The van der Waals surface area contributed by atoms with E-state index in [-0.39, 0.29) is 5.92 Å². The van der Waals surface area contributed by atoms with Gasteiger partial charge < -0.3 is 9.78 Å². The van der Waals surface area contributed by atoms with E-state index in [9.17, 15) is 4.79 Å². The molecule has 1 unspecified atom stereocenters. The van der Waals surface area contributed by atoms with Gasteiger partial charge in [-0.25, -0.2) is 0 Å². The minimum atomic E-state index is 0.152. The molecule has 2 nitrogen and oxygen atoms in total. The molecular weight excluding hydrogens is 174 g/mol. The first-order chi connectivity index (χ1) is 6.77. The Kier molecular flexibility index (Phi) is 2.44. The van der Waals surface area contributed by atoms with Gasteiger partial charge >= 0.3 is 0 Å². The number of aromatic nitrogens is 1. The lowest BCUT2D eigenvalue weighted by atomic mass is 9.85. The summed E-state index contributed by atoms with van der Waals surface area (Å²) in [6, 6.07) is 0. The molecule has 1 aliphatic carbocycles. The number of nitrogens with one attached hydrogen (secondary N) is 1. The van der Waals surface area contributed by atoms with Gasteiger partial charge in [0.25, 0.3) is 0 Å². The Bertz CT molecular complexity index is 351. The van der Waals surface area contributed by atoms with Crippen LogP contribution in [-0.2, 0) is 17.6 Å². The fourth-order valence-electron chi connectivity index (χ4n) is 2.63. The van der Waals surface area contributed by atoms with Crippen LogP contribution >= 0.6 is 0 Å². The van der Waals surface area contributed by atoms with Gasteiger partial charge in [-0.1, -0.05) is 6.92 Å². The second kappa shape index (κ2) is 3.60. The maximum atomic E-state index is 11.0. The highest BCUT2D eigenvalue weighted by atomic mass is 16.1. The number of carbonyl (C=O) groups excluding carboxylic acids is 1. The molecule has 1 aromatic heterocycles. The number of fused-ring (bicyclic) bond motifs is 1. The van der Waals surface area contributed by atoms with Crippen molar-refractivity contribution in [2.24, 2.45) is 0 Å². The zero-order valence-corrected chi connectivity index (χ0v) is 8.89. The number of rotatable bonds is 2. The standard InChI is InChI=1S/C12H17NO/c1-3-10-8(2)13-11-6-4-5-9(7-14)12(10)11/h7,9,13H,3-6H2,1-2H3. The van der Waals surface area contributed by atoms with Crippen LogP contribution in [0.5, 0.6) is 0 Å². The fourth-order valence-corrected chi connectivity index (χ4v) is 2.63. The summed E-state index contributed by atoms with van der Waals surface area (Å²) in [6.07, 6.45) is 5.42. The van der Waals surface area contributed by atoms with E-state index in [0.29, 0.717) is 0 Å². The van der Waals surface area contributed by atoms with Crippen LogP contribution in [0.3, 0.4) is 0 Å². The highest BCUT2D eigenvalue weighted by molar-refractivity contribution is 5.65. The predicted molar refractivity (Wildman–Crippen MR) is 56.7 cm³/mol. The maximum Gasteiger partial charge on any atom is 0.127 e. The van der Waals surface area contributed by atoms with E-state index in [1.807, 2.05) is 0 Å². The summed E-state index contributed by atoms with van der Waals surface area (Å²) in [6.45, 7) is 4.27. The van der Waals surface area contributed by atoms with Gasteiger partial charge in [-0.05, 0) is 43.7 Å². The molecule has 0 bridgehead atoms. The zero-order chi connectivity index (χ0) is 10.1. The Balaban J connectivity index is 2.52. The molecule has 2 rings (SSSR count). The van der Waals surface area contributed by atoms with Crippen molar-refractivity contribution in [3.63, 3.8) is 0 Å². The zero-order valence-electron chi connectivity index (χ0n) is 8.89. The Morgan fingerprint density at radius 1 is 1.57 bits per heavy atom. The van der Waals surface area contributed by atoms with Gasteiger partial charge in [0.2, 0.25) is 0 Å². The van der Waals surface area contributed by atoms with E-state index in [1.165, 1.54) is 22.5 Å². The molecule has 0 aliphatic heterocycles. The van der Waals surface area contributed by atoms with Gasteiger partial charge in [-0.3, -0.25) is 0 Å². The minimum absolute atomic E-state index is 0.152. The van der Waals surface area contributed by atoms with Crippen LogP contribution < -0.4 is 0 Å². The van der Waals surface area contributed by atoms with Crippen molar-refractivity contribution in [2.45, 2.75) is 45.4 Å². The van der Waals surface area contributed by atoms with Crippen LogP contribution in [0.25, 0.3) is 0 Å². The third kappa shape index (κ3) is 1.29. The molecule has 14 heavy (non-hydrogen) atoms. The normalized spacial score (nSPS) is 20.6. The number of hydrogen-bond acceptors (Lipinski definition) is 1. The van der Waals surface area contributed by atoms with Crippen LogP contribution in [0.2, 0.25) is 0 Å². The van der Waals surface area contributed by atoms with Crippen molar-refractivity contribution in [1.82, 2.24) is 4.98 Å². The summed E-state index contributed by atoms with van der Waals surface area (Å²) in [7, 11) is 0. The topological polar surface area (TPSA) is 32.9 Å². The van der Waals surface area contributed by atoms with Crippen molar-refractivity contribution in [3.8, 4) is 0 Å². The Morgan fingerprint density at radius 3 is 3.00 bits per heavy atom. The van der Waals surface area contributed by atoms with E-state index in [2.05, 4.69) is 18.8 Å². The number of aldehydes is 1. The number of carbonyl (C=O) groups is 1. The van der Waals surface area contributed by atoms with Crippen LogP contribution in [0, 0.1) is 6.92 Å². The second-order valence-corrected chi connectivity index (χ2v) is 4.11. The molecule has 0 fully saturated rings. The van der Waals surface area contributed by atoms with E-state index in [1.54, 1.807) is 0 Å². The molecule has 1 aromatic rings. The van der Waals surface area contributed by atoms with Crippen LogP contribution in [0.4, 0.5) is 0 Å².